The second-order valence-corrected chi connectivity index (χ2v) is 5.85. The molecule has 3 aromatic rings. The van der Waals surface area contributed by atoms with Gasteiger partial charge in [0.25, 0.3) is 5.89 Å². The van der Waals surface area contributed by atoms with Crippen molar-refractivity contribution < 1.29 is 22.4 Å². The van der Waals surface area contributed by atoms with Crippen LogP contribution in [0.4, 0.5) is 29.7 Å². The van der Waals surface area contributed by atoms with Gasteiger partial charge >= 0.3 is 18.2 Å². The molecule has 0 bridgehead atoms. The van der Waals surface area contributed by atoms with E-state index in [1.165, 1.54) is 23.5 Å². The summed E-state index contributed by atoms with van der Waals surface area (Å²) >= 11 is 1.38. The Morgan fingerprint density at radius 3 is 2.64 bits per heavy atom. The molecule has 2 N–H and O–H groups in total. The number of thiazole rings is 1. The number of benzene rings is 1. The molecule has 130 valence electrons. The molecule has 1 aromatic carbocycles. The van der Waals surface area contributed by atoms with Gasteiger partial charge in [-0.1, -0.05) is 17.2 Å². The average Bonchev–Trinajstić information content (AvgIpc) is 3.15. The summed E-state index contributed by atoms with van der Waals surface area (Å²) in [5.41, 5.74) is -0.900. The van der Waals surface area contributed by atoms with Crippen molar-refractivity contribution in [2.24, 2.45) is 0 Å². The highest BCUT2D eigenvalue weighted by atomic mass is 32.1. The number of nitrogens with one attached hydrogen (secondary N) is 2. The number of rotatable bonds is 3. The molecule has 0 spiro atoms. The molecular weight excluding hydrogens is 359 g/mol. The Hall–Kier alpha value is -2.95. The molecule has 0 radical (unpaired) electrons. The number of alkyl halides is 3. The molecule has 2 amide bonds. The molecule has 0 aliphatic heterocycles. The molecule has 0 unspecified atom stereocenters. The predicted molar refractivity (Wildman–Crippen MR) is 84.2 cm³/mol. The lowest BCUT2D eigenvalue weighted by Gasteiger charge is -2.13. The summed E-state index contributed by atoms with van der Waals surface area (Å²) in [5.74, 6) is 0.0929. The van der Waals surface area contributed by atoms with Gasteiger partial charge in [0.2, 0.25) is 0 Å². The SMILES string of the molecule is Cc1nc(-c2nnc(NC(=O)Nc3ccccc3C(F)(F)F)o2)cs1. The van der Waals surface area contributed by atoms with Crippen molar-refractivity contribution in [3.63, 3.8) is 0 Å². The van der Waals surface area contributed by atoms with Crippen molar-refractivity contribution in [1.82, 2.24) is 15.2 Å². The maximum absolute atomic E-state index is 12.9. The molecule has 2 aromatic heterocycles. The highest BCUT2D eigenvalue weighted by Crippen LogP contribution is 2.34. The first-order valence-electron chi connectivity index (χ1n) is 6.83. The van der Waals surface area contributed by atoms with Gasteiger partial charge in [-0.2, -0.15) is 13.2 Å². The van der Waals surface area contributed by atoms with Crippen LogP contribution in [0, 0.1) is 6.92 Å². The van der Waals surface area contributed by atoms with Crippen molar-refractivity contribution in [3.8, 4) is 11.6 Å². The quantitative estimate of drug-likeness (QED) is 0.723. The summed E-state index contributed by atoms with van der Waals surface area (Å²) in [6.07, 6.45) is -4.59. The first-order valence-corrected chi connectivity index (χ1v) is 7.71. The van der Waals surface area contributed by atoms with Gasteiger partial charge in [-0.3, -0.25) is 5.32 Å². The standard InChI is InChI=1S/C14H10F3N5O2S/c1-7-18-10(6-25-7)11-21-22-13(24-11)20-12(23)19-9-5-3-2-4-8(9)14(15,16)17/h2-6H,1H3,(H2,19,20,22,23). The number of carbonyl (C=O) groups excluding carboxylic acids is 1. The molecule has 3 rings (SSSR count). The van der Waals surface area contributed by atoms with E-state index >= 15 is 0 Å². The molecule has 2 heterocycles. The van der Waals surface area contributed by atoms with E-state index in [1.54, 1.807) is 12.3 Å². The number of halogens is 3. The summed E-state index contributed by atoms with van der Waals surface area (Å²) in [6, 6.07) is 3.40. The number of carbonyl (C=O) groups is 1. The maximum atomic E-state index is 12.9. The third kappa shape index (κ3) is 3.94. The Morgan fingerprint density at radius 1 is 1.20 bits per heavy atom. The number of nitrogens with zero attached hydrogens (tertiary/aromatic N) is 3. The van der Waals surface area contributed by atoms with E-state index in [2.05, 4.69) is 25.8 Å². The zero-order valence-corrected chi connectivity index (χ0v) is 13.4. The van der Waals surface area contributed by atoms with E-state index in [0.717, 1.165) is 17.1 Å². The Bertz CT molecular complexity index is 906. The van der Waals surface area contributed by atoms with Crippen molar-refractivity contribution in [1.29, 1.82) is 0 Å². The van der Waals surface area contributed by atoms with Crippen LogP contribution in [0.2, 0.25) is 0 Å². The van der Waals surface area contributed by atoms with Gasteiger partial charge in [-0.25, -0.2) is 9.78 Å². The molecular formula is C14H10F3N5O2S. The van der Waals surface area contributed by atoms with Gasteiger partial charge in [-0.05, 0) is 19.1 Å². The molecule has 0 saturated carbocycles. The number of hydrogen-bond acceptors (Lipinski definition) is 6. The van der Waals surface area contributed by atoms with Crippen LogP contribution < -0.4 is 10.6 Å². The van der Waals surface area contributed by atoms with Gasteiger partial charge < -0.3 is 9.73 Å². The van der Waals surface area contributed by atoms with Crippen molar-refractivity contribution in [2.75, 3.05) is 10.6 Å². The van der Waals surface area contributed by atoms with E-state index in [-0.39, 0.29) is 17.6 Å². The van der Waals surface area contributed by atoms with Crippen LogP contribution in [-0.2, 0) is 6.18 Å². The highest BCUT2D eigenvalue weighted by Gasteiger charge is 2.33. The Kier molecular flexibility index (Phi) is 4.40. The fourth-order valence-electron chi connectivity index (χ4n) is 1.93. The zero-order valence-electron chi connectivity index (χ0n) is 12.6. The minimum Gasteiger partial charge on any atom is -0.401 e. The number of amides is 2. The molecule has 25 heavy (non-hydrogen) atoms. The minimum absolute atomic E-state index is 0.0929. The minimum atomic E-state index is -4.59. The first-order chi connectivity index (χ1) is 11.8. The van der Waals surface area contributed by atoms with Crippen molar-refractivity contribution in [2.45, 2.75) is 13.1 Å². The van der Waals surface area contributed by atoms with Crippen LogP contribution in [-0.4, -0.2) is 21.2 Å². The third-order valence-electron chi connectivity index (χ3n) is 2.96. The number of urea groups is 1. The van der Waals surface area contributed by atoms with Gasteiger partial charge in [0.15, 0.2) is 0 Å². The first kappa shape index (κ1) is 16.9. The molecule has 0 saturated heterocycles. The second kappa shape index (κ2) is 6.51. The lowest BCUT2D eigenvalue weighted by molar-refractivity contribution is -0.136. The van der Waals surface area contributed by atoms with E-state index in [9.17, 15) is 18.0 Å². The van der Waals surface area contributed by atoms with E-state index < -0.39 is 17.8 Å². The summed E-state index contributed by atoms with van der Waals surface area (Å²) in [6.45, 7) is 1.80. The van der Waals surface area contributed by atoms with Crippen LogP contribution in [0.5, 0.6) is 0 Å². The summed E-state index contributed by atoms with van der Waals surface area (Å²) < 4.78 is 43.9. The highest BCUT2D eigenvalue weighted by molar-refractivity contribution is 7.09. The van der Waals surface area contributed by atoms with E-state index in [1.807, 2.05) is 0 Å². The van der Waals surface area contributed by atoms with Gasteiger partial charge in [-0.15, -0.1) is 16.4 Å². The smallest absolute Gasteiger partial charge is 0.401 e. The number of para-hydroxylation sites is 1. The second-order valence-electron chi connectivity index (χ2n) is 4.79. The molecule has 0 atom stereocenters. The number of aryl methyl sites for hydroxylation is 1. The van der Waals surface area contributed by atoms with Crippen LogP contribution in [0.25, 0.3) is 11.6 Å². The van der Waals surface area contributed by atoms with E-state index in [0.29, 0.717) is 5.69 Å². The molecule has 0 aliphatic carbocycles. The fraction of sp³-hybridized carbons (Fsp3) is 0.143. The van der Waals surface area contributed by atoms with Crippen LogP contribution in [0.3, 0.4) is 0 Å². The predicted octanol–water partition coefficient (Wildman–Crippen LogP) is 4.16. The van der Waals surface area contributed by atoms with Crippen molar-refractivity contribution >= 4 is 29.1 Å². The monoisotopic (exact) mass is 369 g/mol. The maximum Gasteiger partial charge on any atom is 0.418 e. The molecule has 0 aliphatic rings. The number of hydrogen-bond donors (Lipinski definition) is 2. The normalized spacial score (nSPS) is 11.4. The molecule has 11 heteroatoms. The Balaban J connectivity index is 1.71. The topological polar surface area (TPSA) is 92.9 Å². The number of aromatic nitrogens is 3. The van der Waals surface area contributed by atoms with Gasteiger partial charge in [0, 0.05) is 5.38 Å². The summed E-state index contributed by atoms with van der Waals surface area (Å²) in [7, 11) is 0. The van der Waals surface area contributed by atoms with Crippen LogP contribution >= 0.6 is 11.3 Å². The Labute approximate surface area is 142 Å². The van der Waals surface area contributed by atoms with Gasteiger partial charge in [0.05, 0.1) is 16.3 Å². The third-order valence-corrected chi connectivity index (χ3v) is 3.74. The average molecular weight is 369 g/mol. The molecule has 0 fully saturated rings. The van der Waals surface area contributed by atoms with Crippen LogP contribution in [0.1, 0.15) is 10.6 Å². The fourth-order valence-corrected chi connectivity index (χ4v) is 2.52. The zero-order chi connectivity index (χ0) is 18.0. The van der Waals surface area contributed by atoms with Crippen molar-refractivity contribution in [3.05, 3.63) is 40.2 Å². The van der Waals surface area contributed by atoms with E-state index in [4.69, 9.17) is 4.42 Å². The Morgan fingerprint density at radius 2 is 1.96 bits per heavy atom. The lowest BCUT2D eigenvalue weighted by Crippen LogP contribution is -2.22. The summed E-state index contributed by atoms with van der Waals surface area (Å²) in [5, 5.41) is 14.1. The molecule has 7 nitrogen and oxygen atoms in total. The number of anilines is 2. The largest absolute Gasteiger partial charge is 0.418 e. The van der Waals surface area contributed by atoms with Crippen LogP contribution in [0.15, 0.2) is 34.1 Å². The summed E-state index contributed by atoms with van der Waals surface area (Å²) in [4.78, 5) is 16.0. The van der Waals surface area contributed by atoms with Gasteiger partial charge in [0.1, 0.15) is 5.69 Å². The lowest BCUT2D eigenvalue weighted by atomic mass is 10.1.